The first-order chi connectivity index (χ1) is 9.60. The molecular weight excluding hydrogens is 254 g/mol. The monoisotopic (exact) mass is 275 g/mol. The van der Waals surface area contributed by atoms with Gasteiger partial charge in [-0.25, -0.2) is 9.67 Å². The molecule has 0 saturated carbocycles. The minimum Gasteiger partial charge on any atom is -0.478 e. The molecule has 2 heterocycles. The summed E-state index contributed by atoms with van der Waals surface area (Å²) in [6.45, 7) is 8.48. The van der Waals surface area contributed by atoms with Crippen molar-refractivity contribution < 1.29 is 4.74 Å². The van der Waals surface area contributed by atoms with Gasteiger partial charge in [0.25, 0.3) is 5.95 Å². The summed E-state index contributed by atoms with van der Waals surface area (Å²) >= 11 is 0. The van der Waals surface area contributed by atoms with Crippen LogP contribution in [-0.2, 0) is 12.8 Å². The van der Waals surface area contributed by atoms with Gasteiger partial charge in [-0.15, -0.1) is 0 Å². The topological polar surface area (TPSA) is 78.8 Å². The average molecular weight is 275 g/mol. The van der Waals surface area contributed by atoms with E-state index in [4.69, 9.17) is 10.5 Å². The Morgan fingerprint density at radius 2 is 1.95 bits per heavy atom. The number of rotatable bonds is 5. The van der Waals surface area contributed by atoms with E-state index in [0.717, 1.165) is 35.6 Å². The van der Waals surface area contributed by atoms with E-state index in [2.05, 4.69) is 15.1 Å². The Hall–Kier alpha value is -2.11. The standard InChI is InChI=1S/C14H21N5O/c1-5-10-13(15)11(6-2)19(18-10)14-16-9(4)8-12(17-14)20-7-3/h8H,5-7,15H2,1-4H3. The van der Waals surface area contributed by atoms with Crippen molar-refractivity contribution in [3.05, 3.63) is 23.1 Å². The van der Waals surface area contributed by atoms with Crippen molar-refractivity contribution in [2.24, 2.45) is 0 Å². The van der Waals surface area contributed by atoms with E-state index in [9.17, 15) is 0 Å². The van der Waals surface area contributed by atoms with E-state index < -0.39 is 0 Å². The largest absolute Gasteiger partial charge is 0.478 e. The van der Waals surface area contributed by atoms with Crippen LogP contribution in [0.3, 0.4) is 0 Å². The van der Waals surface area contributed by atoms with Crippen LogP contribution in [0.5, 0.6) is 5.88 Å². The zero-order valence-electron chi connectivity index (χ0n) is 12.5. The second-order valence-corrected chi connectivity index (χ2v) is 4.51. The zero-order chi connectivity index (χ0) is 14.7. The van der Waals surface area contributed by atoms with Crippen LogP contribution in [0.2, 0.25) is 0 Å². The van der Waals surface area contributed by atoms with Gasteiger partial charge in [-0.2, -0.15) is 10.1 Å². The first-order valence-electron chi connectivity index (χ1n) is 6.95. The maximum absolute atomic E-state index is 6.13. The lowest BCUT2D eigenvalue weighted by atomic mass is 10.2. The van der Waals surface area contributed by atoms with Gasteiger partial charge in [-0.05, 0) is 26.7 Å². The second kappa shape index (κ2) is 5.90. The normalized spacial score (nSPS) is 10.8. The lowest BCUT2D eigenvalue weighted by Gasteiger charge is -2.08. The third-order valence-corrected chi connectivity index (χ3v) is 3.07. The van der Waals surface area contributed by atoms with Crippen molar-refractivity contribution in [1.82, 2.24) is 19.7 Å². The van der Waals surface area contributed by atoms with Crippen molar-refractivity contribution in [3.63, 3.8) is 0 Å². The molecule has 0 aliphatic rings. The van der Waals surface area contributed by atoms with E-state index in [1.807, 2.05) is 33.8 Å². The van der Waals surface area contributed by atoms with Crippen LogP contribution in [0, 0.1) is 6.92 Å². The highest BCUT2D eigenvalue weighted by atomic mass is 16.5. The van der Waals surface area contributed by atoms with Gasteiger partial charge in [0.1, 0.15) is 0 Å². The summed E-state index contributed by atoms with van der Waals surface area (Å²) in [6, 6.07) is 1.81. The maximum atomic E-state index is 6.13. The van der Waals surface area contributed by atoms with Crippen LogP contribution in [0.1, 0.15) is 37.9 Å². The fraction of sp³-hybridized carbons (Fsp3) is 0.500. The molecule has 0 aromatic carbocycles. The number of nitrogens with zero attached hydrogens (tertiary/aromatic N) is 4. The molecule has 6 heteroatoms. The summed E-state index contributed by atoms with van der Waals surface area (Å²) in [5, 5.41) is 4.52. The van der Waals surface area contributed by atoms with Crippen LogP contribution in [0.4, 0.5) is 5.69 Å². The predicted molar refractivity (Wildman–Crippen MR) is 78.2 cm³/mol. The van der Waals surface area contributed by atoms with Gasteiger partial charge in [-0.3, -0.25) is 0 Å². The fourth-order valence-electron chi connectivity index (χ4n) is 2.12. The predicted octanol–water partition coefficient (Wildman–Crippen LogP) is 2.08. The first-order valence-corrected chi connectivity index (χ1v) is 6.95. The second-order valence-electron chi connectivity index (χ2n) is 4.51. The third kappa shape index (κ3) is 2.59. The summed E-state index contributed by atoms with van der Waals surface area (Å²) in [5.41, 5.74) is 9.52. The van der Waals surface area contributed by atoms with E-state index >= 15 is 0 Å². The molecule has 0 bridgehead atoms. The van der Waals surface area contributed by atoms with Gasteiger partial charge in [0.05, 0.1) is 23.7 Å². The molecule has 6 nitrogen and oxygen atoms in total. The van der Waals surface area contributed by atoms with Crippen LogP contribution in [0.15, 0.2) is 6.07 Å². The van der Waals surface area contributed by atoms with Gasteiger partial charge in [0.2, 0.25) is 5.88 Å². The quantitative estimate of drug-likeness (QED) is 0.903. The lowest BCUT2D eigenvalue weighted by Crippen LogP contribution is -2.09. The Labute approximate surface area is 119 Å². The van der Waals surface area contributed by atoms with Crippen molar-refractivity contribution in [2.75, 3.05) is 12.3 Å². The number of ether oxygens (including phenoxy) is 1. The summed E-state index contributed by atoms with van der Waals surface area (Å²) in [7, 11) is 0. The van der Waals surface area contributed by atoms with E-state index in [0.29, 0.717) is 18.4 Å². The molecule has 0 saturated heterocycles. The first kappa shape index (κ1) is 14.3. The van der Waals surface area contributed by atoms with Crippen LogP contribution in [-0.4, -0.2) is 26.4 Å². The number of hydrogen-bond acceptors (Lipinski definition) is 5. The Morgan fingerprint density at radius 1 is 1.20 bits per heavy atom. The Balaban J connectivity index is 2.55. The molecule has 20 heavy (non-hydrogen) atoms. The molecule has 0 aliphatic carbocycles. The number of aromatic nitrogens is 4. The zero-order valence-corrected chi connectivity index (χ0v) is 12.5. The van der Waals surface area contributed by atoms with E-state index in [1.165, 1.54) is 0 Å². The summed E-state index contributed by atoms with van der Waals surface area (Å²) in [6.07, 6.45) is 1.57. The molecule has 0 unspecified atom stereocenters. The van der Waals surface area contributed by atoms with Crippen molar-refractivity contribution in [2.45, 2.75) is 40.5 Å². The molecule has 0 spiro atoms. The Bertz CT molecular complexity index is 606. The van der Waals surface area contributed by atoms with Crippen molar-refractivity contribution >= 4 is 5.69 Å². The van der Waals surface area contributed by atoms with Crippen LogP contribution in [0.25, 0.3) is 5.95 Å². The van der Waals surface area contributed by atoms with Crippen LogP contribution < -0.4 is 10.5 Å². The third-order valence-electron chi connectivity index (χ3n) is 3.07. The molecule has 0 fully saturated rings. The summed E-state index contributed by atoms with van der Waals surface area (Å²) < 4.78 is 7.19. The van der Waals surface area contributed by atoms with Crippen LogP contribution >= 0.6 is 0 Å². The smallest absolute Gasteiger partial charge is 0.254 e. The highest BCUT2D eigenvalue weighted by Gasteiger charge is 2.16. The molecule has 2 N–H and O–H groups in total. The van der Waals surface area contributed by atoms with Gasteiger partial charge in [0.15, 0.2) is 0 Å². The lowest BCUT2D eigenvalue weighted by molar-refractivity contribution is 0.325. The molecule has 108 valence electrons. The molecular formula is C14H21N5O. The van der Waals surface area contributed by atoms with Gasteiger partial charge in [-0.1, -0.05) is 13.8 Å². The molecule has 0 atom stereocenters. The molecule has 2 rings (SSSR count). The molecule has 2 aromatic rings. The minimum atomic E-state index is 0.511. The Kier molecular flexibility index (Phi) is 4.22. The van der Waals surface area contributed by atoms with Crippen molar-refractivity contribution in [3.8, 4) is 11.8 Å². The number of hydrogen-bond donors (Lipinski definition) is 1. The maximum Gasteiger partial charge on any atom is 0.254 e. The van der Waals surface area contributed by atoms with Crippen molar-refractivity contribution in [1.29, 1.82) is 0 Å². The average Bonchev–Trinajstić information content (AvgIpc) is 2.74. The highest BCUT2D eigenvalue weighted by Crippen LogP contribution is 2.22. The number of nitrogens with two attached hydrogens (primary N) is 1. The minimum absolute atomic E-state index is 0.511. The SMILES string of the molecule is CCOc1cc(C)nc(-n2nc(CC)c(N)c2CC)n1. The number of aryl methyl sites for hydroxylation is 2. The summed E-state index contributed by atoms with van der Waals surface area (Å²) in [5.74, 6) is 1.07. The molecule has 0 aliphatic heterocycles. The van der Waals surface area contributed by atoms with E-state index in [1.54, 1.807) is 4.68 Å². The van der Waals surface area contributed by atoms with Gasteiger partial charge >= 0.3 is 0 Å². The Morgan fingerprint density at radius 3 is 2.55 bits per heavy atom. The number of anilines is 1. The molecule has 0 radical (unpaired) electrons. The number of nitrogen functional groups attached to an aromatic ring is 1. The highest BCUT2D eigenvalue weighted by molar-refractivity contribution is 5.50. The van der Waals surface area contributed by atoms with Gasteiger partial charge in [0, 0.05) is 11.8 Å². The van der Waals surface area contributed by atoms with Gasteiger partial charge < -0.3 is 10.5 Å². The van der Waals surface area contributed by atoms with E-state index in [-0.39, 0.29) is 0 Å². The summed E-state index contributed by atoms with van der Waals surface area (Å²) in [4.78, 5) is 8.84. The fourth-order valence-corrected chi connectivity index (χ4v) is 2.12. The molecule has 0 amide bonds. The molecule has 2 aromatic heterocycles.